The van der Waals surface area contributed by atoms with Crippen LogP contribution in [0.3, 0.4) is 0 Å². The highest BCUT2D eigenvalue weighted by atomic mass is 16.6. The molecule has 2 aromatic rings. The minimum atomic E-state index is -0.599. The Kier molecular flexibility index (Phi) is 5.09. The average Bonchev–Trinajstić information content (AvgIpc) is 3.11. The van der Waals surface area contributed by atoms with Gasteiger partial charge in [-0.05, 0) is 18.9 Å². The predicted octanol–water partition coefficient (Wildman–Crippen LogP) is 2.04. The van der Waals surface area contributed by atoms with E-state index in [1.165, 1.54) is 6.42 Å². The lowest BCUT2D eigenvalue weighted by atomic mass is 9.88. The van der Waals surface area contributed by atoms with Crippen LogP contribution < -0.4 is 11.1 Å². The number of rotatable bonds is 4. The van der Waals surface area contributed by atoms with Crippen molar-refractivity contribution in [2.75, 3.05) is 25.1 Å². The Labute approximate surface area is 157 Å². The first kappa shape index (κ1) is 17.9. The summed E-state index contributed by atoms with van der Waals surface area (Å²) in [5.74, 6) is -0.666. The molecule has 2 aliphatic rings. The van der Waals surface area contributed by atoms with Crippen LogP contribution in [0.15, 0.2) is 18.5 Å². The van der Waals surface area contributed by atoms with Crippen molar-refractivity contribution in [3.05, 3.63) is 29.7 Å². The lowest BCUT2D eigenvalue weighted by Gasteiger charge is -2.21. The maximum Gasteiger partial charge on any atom is 0.251 e. The molecule has 2 aromatic heterocycles. The van der Waals surface area contributed by atoms with Gasteiger partial charge in [-0.1, -0.05) is 19.3 Å². The standard InChI is InChI=1S/C19H24N4O4/c20-18(24)13-8-17-21-15(16-11-26-6-7-27-16)10-23(17)9-14(13)22-19(25)12-4-2-1-3-5-12/h8-10,12,16H,1-7,11H2,(H2,20,24)(H,22,25). The van der Waals surface area contributed by atoms with E-state index in [0.717, 1.165) is 31.4 Å². The van der Waals surface area contributed by atoms with E-state index >= 15 is 0 Å². The van der Waals surface area contributed by atoms with Gasteiger partial charge in [0, 0.05) is 18.3 Å². The van der Waals surface area contributed by atoms with Crippen molar-refractivity contribution in [2.24, 2.45) is 11.7 Å². The minimum Gasteiger partial charge on any atom is -0.376 e. The predicted molar refractivity (Wildman–Crippen MR) is 98.4 cm³/mol. The first-order valence-electron chi connectivity index (χ1n) is 9.44. The van der Waals surface area contributed by atoms with Crippen molar-refractivity contribution in [1.29, 1.82) is 0 Å². The molecule has 2 fully saturated rings. The Balaban J connectivity index is 1.63. The van der Waals surface area contributed by atoms with Crippen molar-refractivity contribution in [2.45, 2.75) is 38.2 Å². The fraction of sp³-hybridized carbons (Fsp3) is 0.526. The highest BCUT2D eigenvalue weighted by Crippen LogP contribution is 2.27. The van der Waals surface area contributed by atoms with Gasteiger partial charge in [-0.25, -0.2) is 4.98 Å². The normalized spacial score (nSPS) is 21.3. The number of imidazole rings is 1. The van der Waals surface area contributed by atoms with E-state index in [-0.39, 0.29) is 23.5 Å². The molecule has 8 nitrogen and oxygen atoms in total. The minimum absolute atomic E-state index is 0.0127. The molecule has 1 atom stereocenters. The second-order valence-corrected chi connectivity index (χ2v) is 7.15. The molecule has 144 valence electrons. The van der Waals surface area contributed by atoms with E-state index in [1.807, 2.05) is 6.20 Å². The molecule has 0 bridgehead atoms. The van der Waals surface area contributed by atoms with Crippen LogP contribution in [0.5, 0.6) is 0 Å². The third-order valence-corrected chi connectivity index (χ3v) is 5.26. The second-order valence-electron chi connectivity index (χ2n) is 7.15. The number of ether oxygens (including phenoxy) is 2. The summed E-state index contributed by atoms with van der Waals surface area (Å²) in [7, 11) is 0. The van der Waals surface area contributed by atoms with Crippen LogP contribution in [-0.2, 0) is 14.3 Å². The number of hydrogen-bond acceptors (Lipinski definition) is 5. The topological polar surface area (TPSA) is 108 Å². The zero-order chi connectivity index (χ0) is 18.8. The Morgan fingerprint density at radius 3 is 2.70 bits per heavy atom. The number of hydrogen-bond donors (Lipinski definition) is 2. The lowest BCUT2D eigenvalue weighted by Crippen LogP contribution is -2.26. The summed E-state index contributed by atoms with van der Waals surface area (Å²) in [6.45, 7) is 1.54. The van der Waals surface area contributed by atoms with E-state index < -0.39 is 5.91 Å². The number of primary amides is 1. The molecule has 3 heterocycles. The molecule has 0 spiro atoms. The average molecular weight is 372 g/mol. The Bertz CT molecular complexity index is 851. The van der Waals surface area contributed by atoms with Crippen LogP contribution in [0.2, 0.25) is 0 Å². The highest BCUT2D eigenvalue weighted by molar-refractivity contribution is 6.04. The van der Waals surface area contributed by atoms with Gasteiger partial charge in [0.25, 0.3) is 5.91 Å². The molecule has 1 aliphatic heterocycles. The summed E-state index contributed by atoms with van der Waals surface area (Å²) in [6, 6.07) is 1.60. The van der Waals surface area contributed by atoms with Crippen LogP contribution in [-0.4, -0.2) is 41.0 Å². The van der Waals surface area contributed by atoms with Gasteiger partial charge in [-0.15, -0.1) is 0 Å². The molecule has 8 heteroatoms. The fourth-order valence-corrected chi connectivity index (χ4v) is 3.77. The monoisotopic (exact) mass is 372 g/mol. The number of anilines is 1. The van der Waals surface area contributed by atoms with Crippen molar-refractivity contribution < 1.29 is 19.1 Å². The van der Waals surface area contributed by atoms with E-state index in [0.29, 0.717) is 31.2 Å². The number of nitrogens with two attached hydrogens (primary N) is 1. The molecule has 27 heavy (non-hydrogen) atoms. The number of nitrogens with one attached hydrogen (secondary N) is 1. The van der Waals surface area contributed by atoms with Crippen molar-refractivity contribution in [3.63, 3.8) is 0 Å². The maximum atomic E-state index is 12.6. The van der Waals surface area contributed by atoms with E-state index in [2.05, 4.69) is 10.3 Å². The van der Waals surface area contributed by atoms with Crippen LogP contribution >= 0.6 is 0 Å². The molecule has 1 saturated carbocycles. The zero-order valence-corrected chi connectivity index (χ0v) is 15.1. The van der Waals surface area contributed by atoms with E-state index in [1.54, 1.807) is 16.7 Å². The number of carbonyl (C=O) groups is 2. The number of fused-ring (bicyclic) bond motifs is 1. The Morgan fingerprint density at radius 2 is 2.00 bits per heavy atom. The number of carbonyl (C=O) groups excluding carboxylic acids is 2. The first-order chi connectivity index (χ1) is 13.1. The summed E-state index contributed by atoms with van der Waals surface area (Å²) < 4.78 is 12.9. The van der Waals surface area contributed by atoms with Crippen LogP contribution in [0.1, 0.15) is 54.3 Å². The summed E-state index contributed by atoms with van der Waals surface area (Å²) in [4.78, 5) is 29.1. The molecule has 2 amide bonds. The van der Waals surface area contributed by atoms with Crippen LogP contribution in [0, 0.1) is 5.92 Å². The summed E-state index contributed by atoms with van der Waals surface area (Å²) in [6.07, 6.45) is 8.35. The molecule has 1 aliphatic carbocycles. The van der Waals surface area contributed by atoms with Gasteiger partial charge in [0.2, 0.25) is 5.91 Å². The molecule has 0 radical (unpaired) electrons. The van der Waals surface area contributed by atoms with Crippen LogP contribution in [0.4, 0.5) is 5.69 Å². The van der Waals surface area contributed by atoms with Crippen LogP contribution in [0.25, 0.3) is 5.65 Å². The van der Waals surface area contributed by atoms with Gasteiger partial charge < -0.3 is 24.9 Å². The van der Waals surface area contributed by atoms with Gasteiger partial charge in [0.1, 0.15) is 11.8 Å². The Hall–Kier alpha value is -2.45. The molecule has 4 rings (SSSR count). The van der Waals surface area contributed by atoms with E-state index in [4.69, 9.17) is 15.2 Å². The highest BCUT2D eigenvalue weighted by Gasteiger charge is 2.24. The van der Waals surface area contributed by atoms with E-state index in [9.17, 15) is 9.59 Å². The smallest absolute Gasteiger partial charge is 0.251 e. The molecule has 3 N–H and O–H groups in total. The summed E-state index contributed by atoms with van der Waals surface area (Å²) >= 11 is 0. The summed E-state index contributed by atoms with van der Waals surface area (Å²) in [5.41, 5.74) is 7.50. The lowest BCUT2D eigenvalue weighted by molar-refractivity contribution is -0.120. The third-order valence-electron chi connectivity index (χ3n) is 5.26. The molecule has 0 aromatic carbocycles. The largest absolute Gasteiger partial charge is 0.376 e. The first-order valence-corrected chi connectivity index (χ1v) is 9.44. The zero-order valence-electron chi connectivity index (χ0n) is 15.1. The van der Waals surface area contributed by atoms with Gasteiger partial charge in [-0.3, -0.25) is 9.59 Å². The third kappa shape index (κ3) is 3.81. The van der Waals surface area contributed by atoms with Crippen molar-refractivity contribution in [3.8, 4) is 0 Å². The molecular weight excluding hydrogens is 348 g/mol. The van der Waals surface area contributed by atoms with Crippen molar-refractivity contribution >= 4 is 23.1 Å². The van der Waals surface area contributed by atoms with Gasteiger partial charge in [0.05, 0.1) is 36.8 Å². The molecule has 1 unspecified atom stereocenters. The number of amides is 2. The number of pyridine rings is 1. The van der Waals surface area contributed by atoms with Gasteiger partial charge >= 0.3 is 0 Å². The Morgan fingerprint density at radius 1 is 1.19 bits per heavy atom. The quantitative estimate of drug-likeness (QED) is 0.854. The number of nitrogens with zero attached hydrogens (tertiary/aromatic N) is 2. The fourth-order valence-electron chi connectivity index (χ4n) is 3.77. The SMILES string of the molecule is NC(=O)c1cc2nc(C3COCCO3)cn2cc1NC(=O)C1CCCCC1. The number of aromatic nitrogens is 2. The molecule has 1 saturated heterocycles. The second kappa shape index (κ2) is 7.66. The maximum absolute atomic E-state index is 12.6. The van der Waals surface area contributed by atoms with Gasteiger partial charge in [0.15, 0.2) is 0 Å². The summed E-state index contributed by atoms with van der Waals surface area (Å²) in [5, 5.41) is 2.90. The molecular formula is C19H24N4O4. The van der Waals surface area contributed by atoms with Crippen molar-refractivity contribution in [1.82, 2.24) is 9.38 Å². The van der Waals surface area contributed by atoms with Gasteiger partial charge in [-0.2, -0.15) is 0 Å².